The molecule has 1 aromatic heterocycles. The van der Waals surface area contributed by atoms with Crippen molar-refractivity contribution >= 4 is 17.5 Å². The molecule has 5 nitrogen and oxygen atoms in total. The normalized spacial score (nSPS) is 10.4. The molecule has 132 valence electrons. The smallest absolute Gasteiger partial charge is 0.291 e. The van der Waals surface area contributed by atoms with Gasteiger partial charge in [0.25, 0.3) is 11.8 Å². The van der Waals surface area contributed by atoms with E-state index in [0.717, 1.165) is 11.1 Å². The van der Waals surface area contributed by atoms with Crippen LogP contribution in [0.4, 0.5) is 5.69 Å². The number of rotatable bonds is 5. The van der Waals surface area contributed by atoms with Gasteiger partial charge in [0.05, 0.1) is 17.5 Å². The van der Waals surface area contributed by atoms with Crippen LogP contribution < -0.4 is 10.6 Å². The Kier molecular flexibility index (Phi) is 5.17. The average Bonchev–Trinajstić information content (AvgIpc) is 3.17. The molecule has 0 fully saturated rings. The number of amides is 2. The van der Waals surface area contributed by atoms with Gasteiger partial charge in [-0.15, -0.1) is 0 Å². The lowest BCUT2D eigenvalue weighted by Crippen LogP contribution is -2.25. The Morgan fingerprint density at radius 2 is 1.69 bits per heavy atom. The first-order chi connectivity index (χ1) is 12.5. The lowest BCUT2D eigenvalue weighted by atomic mass is 10.1. The second-order valence-electron chi connectivity index (χ2n) is 6.10. The maximum Gasteiger partial charge on any atom is 0.291 e. The maximum atomic E-state index is 12.6. The van der Waals surface area contributed by atoms with Crippen molar-refractivity contribution in [2.75, 3.05) is 5.32 Å². The second kappa shape index (κ2) is 7.70. The molecule has 3 aromatic rings. The number of aryl methyl sites for hydroxylation is 2. The van der Waals surface area contributed by atoms with Gasteiger partial charge in [-0.2, -0.15) is 0 Å². The van der Waals surface area contributed by atoms with Gasteiger partial charge in [0.2, 0.25) is 0 Å². The minimum Gasteiger partial charge on any atom is -0.459 e. The molecule has 26 heavy (non-hydrogen) atoms. The summed E-state index contributed by atoms with van der Waals surface area (Å²) in [7, 11) is 0. The SMILES string of the molecule is Cc1ccc(CNC(=O)c2cccc(C)c2NC(=O)c2ccco2)cc1. The van der Waals surface area contributed by atoms with Crippen LogP contribution in [0.5, 0.6) is 0 Å². The summed E-state index contributed by atoms with van der Waals surface area (Å²) in [6, 6.07) is 16.5. The molecular weight excluding hydrogens is 328 g/mol. The van der Waals surface area contributed by atoms with Crippen molar-refractivity contribution in [1.29, 1.82) is 0 Å². The van der Waals surface area contributed by atoms with E-state index >= 15 is 0 Å². The molecule has 0 radical (unpaired) electrons. The standard InChI is InChI=1S/C21H20N2O3/c1-14-8-10-16(11-9-14)13-22-20(24)17-6-3-5-15(2)19(17)23-21(25)18-7-4-12-26-18/h3-12H,13H2,1-2H3,(H,22,24)(H,23,25). The van der Waals surface area contributed by atoms with E-state index in [0.29, 0.717) is 17.8 Å². The molecule has 0 saturated carbocycles. The minimum atomic E-state index is -0.392. The summed E-state index contributed by atoms with van der Waals surface area (Å²) in [5, 5.41) is 5.67. The van der Waals surface area contributed by atoms with Crippen LogP contribution in [0.15, 0.2) is 65.3 Å². The molecule has 3 rings (SSSR count). The largest absolute Gasteiger partial charge is 0.459 e. The van der Waals surface area contributed by atoms with E-state index in [1.165, 1.54) is 11.8 Å². The number of nitrogens with one attached hydrogen (secondary N) is 2. The van der Waals surface area contributed by atoms with E-state index in [4.69, 9.17) is 4.42 Å². The number of benzene rings is 2. The third-order valence-electron chi connectivity index (χ3n) is 4.07. The molecular formula is C21H20N2O3. The van der Waals surface area contributed by atoms with E-state index in [1.807, 2.05) is 44.2 Å². The van der Waals surface area contributed by atoms with E-state index < -0.39 is 5.91 Å². The Hall–Kier alpha value is -3.34. The van der Waals surface area contributed by atoms with Crippen LogP contribution >= 0.6 is 0 Å². The molecule has 2 amide bonds. The molecule has 5 heteroatoms. The third kappa shape index (κ3) is 4.00. The van der Waals surface area contributed by atoms with E-state index in [1.54, 1.807) is 24.3 Å². The fourth-order valence-electron chi connectivity index (χ4n) is 2.59. The first-order valence-corrected chi connectivity index (χ1v) is 8.33. The maximum absolute atomic E-state index is 12.6. The van der Waals surface area contributed by atoms with Crippen molar-refractivity contribution < 1.29 is 14.0 Å². The second-order valence-corrected chi connectivity index (χ2v) is 6.10. The Labute approximate surface area is 152 Å². The Balaban J connectivity index is 1.76. The van der Waals surface area contributed by atoms with Gasteiger partial charge in [0, 0.05) is 6.54 Å². The molecule has 0 unspecified atom stereocenters. The average molecular weight is 348 g/mol. The Bertz CT molecular complexity index is 913. The molecule has 0 spiro atoms. The number of para-hydroxylation sites is 1. The number of anilines is 1. The summed E-state index contributed by atoms with van der Waals surface area (Å²) in [5.74, 6) is -0.444. The van der Waals surface area contributed by atoms with E-state index in [-0.39, 0.29) is 11.7 Å². The molecule has 0 aliphatic rings. The molecule has 2 aromatic carbocycles. The lowest BCUT2D eigenvalue weighted by Gasteiger charge is -2.13. The van der Waals surface area contributed by atoms with Crippen molar-refractivity contribution in [3.63, 3.8) is 0 Å². The van der Waals surface area contributed by atoms with Crippen molar-refractivity contribution in [2.24, 2.45) is 0 Å². The zero-order valence-corrected chi connectivity index (χ0v) is 14.7. The summed E-state index contributed by atoms with van der Waals surface area (Å²) in [6.45, 7) is 4.27. The first kappa shape index (κ1) is 17.5. The predicted molar refractivity (Wildman–Crippen MR) is 100 cm³/mol. The van der Waals surface area contributed by atoms with E-state index in [9.17, 15) is 9.59 Å². The van der Waals surface area contributed by atoms with Gasteiger partial charge in [-0.1, -0.05) is 42.0 Å². The van der Waals surface area contributed by atoms with Gasteiger partial charge in [-0.25, -0.2) is 0 Å². The highest BCUT2D eigenvalue weighted by molar-refractivity contribution is 6.08. The Morgan fingerprint density at radius 3 is 2.38 bits per heavy atom. The highest BCUT2D eigenvalue weighted by Crippen LogP contribution is 2.22. The zero-order valence-electron chi connectivity index (χ0n) is 14.7. The van der Waals surface area contributed by atoms with Gasteiger partial charge in [0.15, 0.2) is 5.76 Å². The molecule has 2 N–H and O–H groups in total. The molecule has 0 bridgehead atoms. The lowest BCUT2D eigenvalue weighted by molar-refractivity contribution is 0.0951. The van der Waals surface area contributed by atoms with Crippen molar-refractivity contribution in [3.05, 3.63) is 88.9 Å². The number of carbonyl (C=O) groups is 2. The minimum absolute atomic E-state index is 0.194. The van der Waals surface area contributed by atoms with Crippen LogP contribution in [0, 0.1) is 13.8 Å². The number of hydrogen-bond donors (Lipinski definition) is 2. The first-order valence-electron chi connectivity index (χ1n) is 8.33. The summed E-state index contributed by atoms with van der Waals surface area (Å²) < 4.78 is 5.11. The van der Waals surface area contributed by atoms with Crippen LogP contribution in [0.2, 0.25) is 0 Å². The quantitative estimate of drug-likeness (QED) is 0.730. The number of carbonyl (C=O) groups excluding carboxylic acids is 2. The van der Waals surface area contributed by atoms with Gasteiger partial charge < -0.3 is 15.1 Å². The summed E-state index contributed by atoms with van der Waals surface area (Å²) in [6.07, 6.45) is 1.43. The van der Waals surface area contributed by atoms with Crippen LogP contribution in [0.25, 0.3) is 0 Å². The third-order valence-corrected chi connectivity index (χ3v) is 4.07. The summed E-state index contributed by atoms with van der Waals surface area (Å²) in [5.41, 5.74) is 3.87. The summed E-state index contributed by atoms with van der Waals surface area (Å²) >= 11 is 0. The highest BCUT2D eigenvalue weighted by Gasteiger charge is 2.17. The highest BCUT2D eigenvalue weighted by atomic mass is 16.3. The van der Waals surface area contributed by atoms with Crippen LogP contribution in [0.1, 0.15) is 37.6 Å². The number of hydrogen-bond acceptors (Lipinski definition) is 3. The van der Waals surface area contributed by atoms with Crippen molar-refractivity contribution in [2.45, 2.75) is 20.4 Å². The van der Waals surface area contributed by atoms with Crippen molar-refractivity contribution in [1.82, 2.24) is 5.32 Å². The van der Waals surface area contributed by atoms with Gasteiger partial charge in [-0.3, -0.25) is 9.59 Å². The number of furan rings is 1. The molecule has 0 aliphatic carbocycles. The van der Waals surface area contributed by atoms with Crippen LogP contribution in [0.3, 0.4) is 0 Å². The molecule has 1 heterocycles. The van der Waals surface area contributed by atoms with Crippen LogP contribution in [-0.4, -0.2) is 11.8 Å². The fraction of sp³-hybridized carbons (Fsp3) is 0.143. The zero-order chi connectivity index (χ0) is 18.5. The summed E-state index contributed by atoms with van der Waals surface area (Å²) in [4.78, 5) is 24.9. The van der Waals surface area contributed by atoms with Crippen LogP contribution in [-0.2, 0) is 6.54 Å². The van der Waals surface area contributed by atoms with Crippen molar-refractivity contribution in [3.8, 4) is 0 Å². The molecule has 0 atom stereocenters. The monoisotopic (exact) mass is 348 g/mol. The Morgan fingerprint density at radius 1 is 0.923 bits per heavy atom. The van der Waals surface area contributed by atoms with Gasteiger partial charge >= 0.3 is 0 Å². The fourth-order valence-corrected chi connectivity index (χ4v) is 2.59. The molecule has 0 saturated heterocycles. The topological polar surface area (TPSA) is 71.3 Å². The van der Waals surface area contributed by atoms with Gasteiger partial charge in [0.1, 0.15) is 0 Å². The predicted octanol–water partition coefficient (Wildman–Crippen LogP) is 4.08. The van der Waals surface area contributed by atoms with Gasteiger partial charge in [-0.05, 0) is 43.2 Å². The molecule has 0 aliphatic heterocycles. The van der Waals surface area contributed by atoms with E-state index in [2.05, 4.69) is 10.6 Å².